The Morgan fingerprint density at radius 2 is 1.78 bits per heavy atom. The summed E-state index contributed by atoms with van der Waals surface area (Å²) in [4.78, 5) is 0. The molecule has 18 heavy (non-hydrogen) atoms. The summed E-state index contributed by atoms with van der Waals surface area (Å²) in [5.74, 6) is 0.785. The van der Waals surface area contributed by atoms with E-state index in [2.05, 4.69) is 45.1 Å². The van der Waals surface area contributed by atoms with Gasteiger partial charge >= 0.3 is 0 Å². The van der Waals surface area contributed by atoms with Crippen LogP contribution in [0.1, 0.15) is 57.2 Å². The van der Waals surface area contributed by atoms with E-state index in [1.807, 2.05) is 6.07 Å². The fraction of sp³-hybridized carbons (Fsp3) is 0.625. The number of halogens is 1. The number of nitrogens with one attached hydrogen (secondary N) is 1. The van der Waals surface area contributed by atoms with E-state index in [4.69, 9.17) is 11.6 Å². The van der Waals surface area contributed by atoms with Gasteiger partial charge in [0.05, 0.1) is 0 Å². The zero-order valence-corrected chi connectivity index (χ0v) is 12.8. The second kappa shape index (κ2) is 7.81. The van der Waals surface area contributed by atoms with Crippen molar-refractivity contribution < 1.29 is 0 Å². The average molecular weight is 268 g/mol. The van der Waals surface area contributed by atoms with Gasteiger partial charge in [0.15, 0.2) is 0 Å². The van der Waals surface area contributed by atoms with Gasteiger partial charge in [0.2, 0.25) is 0 Å². The Labute approximate surface area is 117 Å². The molecule has 0 saturated heterocycles. The monoisotopic (exact) mass is 267 g/mol. The molecular weight excluding hydrogens is 242 g/mol. The second-order valence-corrected chi connectivity index (χ2v) is 5.53. The van der Waals surface area contributed by atoms with E-state index >= 15 is 0 Å². The van der Waals surface area contributed by atoms with Gasteiger partial charge in [-0.1, -0.05) is 51.3 Å². The van der Waals surface area contributed by atoms with E-state index in [-0.39, 0.29) is 0 Å². The summed E-state index contributed by atoms with van der Waals surface area (Å²) >= 11 is 6.17. The second-order valence-electron chi connectivity index (χ2n) is 5.09. The summed E-state index contributed by atoms with van der Waals surface area (Å²) in [6.07, 6.45) is 3.69. The van der Waals surface area contributed by atoms with Crippen molar-refractivity contribution in [1.29, 1.82) is 0 Å². The number of benzene rings is 1. The smallest absolute Gasteiger partial charge is 0.0411 e. The number of aryl methyl sites for hydroxylation is 1. The van der Waals surface area contributed by atoms with Crippen LogP contribution in [0.3, 0.4) is 0 Å². The maximum atomic E-state index is 6.17. The van der Waals surface area contributed by atoms with Crippen LogP contribution in [0.15, 0.2) is 18.2 Å². The van der Waals surface area contributed by atoms with Crippen LogP contribution >= 0.6 is 11.6 Å². The topological polar surface area (TPSA) is 12.0 Å². The minimum Gasteiger partial charge on any atom is -0.310 e. The molecule has 0 aliphatic rings. The van der Waals surface area contributed by atoms with Crippen LogP contribution in [0.25, 0.3) is 0 Å². The molecule has 102 valence electrons. The van der Waals surface area contributed by atoms with E-state index in [0.717, 1.165) is 17.5 Å². The minimum atomic E-state index is 0.428. The van der Waals surface area contributed by atoms with Gasteiger partial charge in [0.1, 0.15) is 0 Å². The van der Waals surface area contributed by atoms with Crippen molar-refractivity contribution in [2.24, 2.45) is 5.92 Å². The summed E-state index contributed by atoms with van der Waals surface area (Å²) in [6.45, 7) is 9.82. The van der Waals surface area contributed by atoms with E-state index in [9.17, 15) is 0 Å². The lowest BCUT2D eigenvalue weighted by molar-refractivity contribution is 0.375. The third kappa shape index (κ3) is 4.62. The first-order valence-electron chi connectivity index (χ1n) is 7.11. The number of hydrogen-bond acceptors (Lipinski definition) is 1. The SMILES string of the molecule is CCNC(CC(CC)CC)c1cc(C)cc(Cl)c1. The first kappa shape index (κ1) is 15.5. The molecule has 0 aromatic heterocycles. The van der Waals surface area contributed by atoms with Gasteiger partial charge in [0.25, 0.3) is 0 Å². The Balaban J connectivity index is 2.88. The summed E-state index contributed by atoms with van der Waals surface area (Å²) in [5, 5.41) is 4.44. The lowest BCUT2D eigenvalue weighted by Crippen LogP contribution is -2.23. The van der Waals surface area contributed by atoms with Crippen molar-refractivity contribution in [3.63, 3.8) is 0 Å². The van der Waals surface area contributed by atoms with Crippen LogP contribution in [0, 0.1) is 12.8 Å². The third-order valence-electron chi connectivity index (χ3n) is 3.64. The summed E-state index contributed by atoms with van der Waals surface area (Å²) < 4.78 is 0. The third-order valence-corrected chi connectivity index (χ3v) is 3.86. The zero-order valence-electron chi connectivity index (χ0n) is 12.1. The van der Waals surface area contributed by atoms with Gasteiger partial charge in [-0.15, -0.1) is 0 Å². The van der Waals surface area contributed by atoms with Crippen molar-refractivity contribution in [3.05, 3.63) is 34.3 Å². The lowest BCUT2D eigenvalue weighted by Gasteiger charge is -2.23. The predicted molar refractivity (Wildman–Crippen MR) is 81.3 cm³/mol. The summed E-state index contributed by atoms with van der Waals surface area (Å²) in [5.41, 5.74) is 2.57. The molecular formula is C16H26ClN. The molecule has 0 fully saturated rings. The standard InChI is InChI=1S/C16H26ClN/c1-5-13(6-2)10-16(18-7-3)14-8-12(4)9-15(17)11-14/h8-9,11,13,16,18H,5-7,10H2,1-4H3. The van der Waals surface area contributed by atoms with Crippen LogP contribution in [-0.4, -0.2) is 6.54 Å². The number of rotatable bonds is 7. The maximum absolute atomic E-state index is 6.17. The van der Waals surface area contributed by atoms with Gasteiger partial charge in [0, 0.05) is 11.1 Å². The van der Waals surface area contributed by atoms with E-state index in [1.54, 1.807) is 0 Å². The van der Waals surface area contributed by atoms with Crippen molar-refractivity contribution >= 4 is 11.6 Å². The molecule has 1 aromatic rings. The zero-order chi connectivity index (χ0) is 13.5. The van der Waals surface area contributed by atoms with Crippen molar-refractivity contribution in [1.82, 2.24) is 5.32 Å². The summed E-state index contributed by atoms with van der Waals surface area (Å²) in [6, 6.07) is 6.80. The molecule has 1 unspecified atom stereocenters. The average Bonchev–Trinajstić information content (AvgIpc) is 2.33. The van der Waals surface area contributed by atoms with Gasteiger partial charge in [-0.05, 0) is 49.1 Å². The van der Waals surface area contributed by atoms with Gasteiger partial charge in [-0.2, -0.15) is 0 Å². The molecule has 0 aliphatic carbocycles. The first-order chi connectivity index (χ1) is 8.60. The van der Waals surface area contributed by atoms with Crippen LogP contribution in [0.5, 0.6) is 0 Å². The van der Waals surface area contributed by atoms with Crippen LogP contribution in [0.4, 0.5) is 0 Å². The molecule has 0 spiro atoms. The lowest BCUT2D eigenvalue weighted by atomic mass is 9.90. The van der Waals surface area contributed by atoms with Gasteiger partial charge in [-0.25, -0.2) is 0 Å². The highest BCUT2D eigenvalue weighted by Gasteiger charge is 2.15. The van der Waals surface area contributed by atoms with Crippen LogP contribution in [0.2, 0.25) is 5.02 Å². The number of hydrogen-bond donors (Lipinski definition) is 1. The molecule has 0 heterocycles. The molecule has 1 aromatic carbocycles. The highest BCUT2D eigenvalue weighted by Crippen LogP contribution is 2.27. The molecule has 0 aliphatic heterocycles. The molecule has 0 radical (unpaired) electrons. The van der Waals surface area contributed by atoms with Crippen molar-refractivity contribution in [3.8, 4) is 0 Å². The van der Waals surface area contributed by atoms with Crippen molar-refractivity contribution in [2.75, 3.05) is 6.54 Å². The Hall–Kier alpha value is -0.530. The predicted octanol–water partition coefficient (Wildman–Crippen LogP) is 5.13. The highest BCUT2D eigenvalue weighted by atomic mass is 35.5. The molecule has 1 atom stereocenters. The van der Waals surface area contributed by atoms with Crippen LogP contribution in [-0.2, 0) is 0 Å². The quantitative estimate of drug-likeness (QED) is 0.723. The minimum absolute atomic E-state index is 0.428. The molecule has 1 nitrogen and oxygen atoms in total. The largest absolute Gasteiger partial charge is 0.310 e. The molecule has 0 amide bonds. The van der Waals surface area contributed by atoms with Gasteiger partial charge < -0.3 is 5.32 Å². The Morgan fingerprint density at radius 3 is 2.28 bits per heavy atom. The normalized spacial score (nSPS) is 13.0. The molecule has 0 bridgehead atoms. The Morgan fingerprint density at radius 1 is 1.11 bits per heavy atom. The van der Waals surface area contributed by atoms with Crippen LogP contribution < -0.4 is 5.32 Å². The van der Waals surface area contributed by atoms with E-state index < -0.39 is 0 Å². The maximum Gasteiger partial charge on any atom is 0.0411 e. The Bertz CT molecular complexity index is 338. The van der Waals surface area contributed by atoms with Gasteiger partial charge in [-0.3, -0.25) is 0 Å². The fourth-order valence-corrected chi connectivity index (χ4v) is 2.80. The molecule has 2 heteroatoms. The highest BCUT2D eigenvalue weighted by molar-refractivity contribution is 6.30. The molecule has 1 N–H and O–H groups in total. The summed E-state index contributed by atoms with van der Waals surface area (Å²) in [7, 11) is 0. The first-order valence-corrected chi connectivity index (χ1v) is 7.48. The fourth-order valence-electron chi connectivity index (χ4n) is 2.50. The Kier molecular flexibility index (Phi) is 6.73. The van der Waals surface area contributed by atoms with E-state index in [0.29, 0.717) is 6.04 Å². The molecule has 0 saturated carbocycles. The molecule has 1 rings (SSSR count). The van der Waals surface area contributed by atoms with Crippen molar-refractivity contribution in [2.45, 2.75) is 53.0 Å². The van der Waals surface area contributed by atoms with E-state index in [1.165, 1.54) is 30.4 Å².